The van der Waals surface area contributed by atoms with Crippen LogP contribution in [0.4, 0.5) is 26.3 Å². The van der Waals surface area contributed by atoms with Gasteiger partial charge < -0.3 is 9.64 Å². The van der Waals surface area contributed by atoms with Crippen LogP contribution in [0, 0.1) is 0 Å². The molecule has 0 unspecified atom stereocenters. The Morgan fingerprint density at radius 3 is 2.52 bits per heavy atom. The van der Waals surface area contributed by atoms with Crippen LogP contribution in [0.1, 0.15) is 16.4 Å². The Kier molecular flexibility index (Phi) is 5.07. The second-order valence-electron chi connectivity index (χ2n) is 5.86. The van der Waals surface area contributed by atoms with E-state index in [0.29, 0.717) is 5.01 Å². The fourth-order valence-corrected chi connectivity index (χ4v) is 3.60. The van der Waals surface area contributed by atoms with Gasteiger partial charge in [-0.2, -0.15) is 31.4 Å². The van der Waals surface area contributed by atoms with Crippen molar-refractivity contribution in [3.05, 3.63) is 16.4 Å². The zero-order valence-electron chi connectivity index (χ0n) is 13.8. The maximum Gasteiger partial charge on any atom is 0.435 e. The number of hydrogen-bond acceptors (Lipinski definition) is 6. The normalized spacial score (nSPS) is 16.9. The minimum absolute atomic E-state index is 0.0387. The molecule has 0 radical (unpaired) electrons. The van der Waals surface area contributed by atoms with Gasteiger partial charge in [0.1, 0.15) is 5.01 Å². The quantitative estimate of drug-likeness (QED) is 0.698. The van der Waals surface area contributed by atoms with Gasteiger partial charge in [-0.1, -0.05) is 11.3 Å². The lowest BCUT2D eigenvalue weighted by Crippen LogP contribution is -2.34. The van der Waals surface area contributed by atoms with Crippen LogP contribution >= 0.6 is 11.3 Å². The van der Waals surface area contributed by atoms with Crippen molar-refractivity contribution in [1.29, 1.82) is 0 Å². The van der Waals surface area contributed by atoms with E-state index in [1.807, 2.05) is 0 Å². The number of alkyl halides is 6. The first-order valence-corrected chi connectivity index (χ1v) is 8.30. The van der Waals surface area contributed by atoms with Gasteiger partial charge in [0.2, 0.25) is 10.9 Å². The van der Waals surface area contributed by atoms with Crippen molar-refractivity contribution in [2.75, 3.05) is 26.9 Å². The summed E-state index contributed by atoms with van der Waals surface area (Å²) in [5.41, 5.74) is -1.62. The zero-order valence-corrected chi connectivity index (χ0v) is 14.6. The van der Waals surface area contributed by atoms with Crippen LogP contribution in [-0.2, 0) is 28.9 Å². The van der Waals surface area contributed by atoms with Crippen molar-refractivity contribution in [1.82, 2.24) is 24.4 Å². The first-order valence-electron chi connectivity index (χ1n) is 7.48. The summed E-state index contributed by atoms with van der Waals surface area (Å²) < 4.78 is 83.2. The Morgan fingerprint density at radius 2 is 1.93 bits per heavy atom. The standard InChI is InChI=1S/C13H13F6N5O2S/c1-26-4-8-21-24-7(10(13(17,18)19)20-11(24)27-8)2-23-6-22(3-9(23)25)5-12(14,15)16/h2-6H2,1H3. The molecule has 2 aromatic heterocycles. The Bertz CT molecular complexity index is 845. The summed E-state index contributed by atoms with van der Waals surface area (Å²) >= 11 is 0.893. The fraction of sp³-hybridized carbons (Fsp3) is 0.615. The van der Waals surface area contributed by atoms with Gasteiger partial charge in [-0.05, 0) is 0 Å². The van der Waals surface area contributed by atoms with Crippen LogP contribution in [0.15, 0.2) is 0 Å². The summed E-state index contributed by atoms with van der Waals surface area (Å²) in [6.45, 7) is -2.76. The van der Waals surface area contributed by atoms with Crippen molar-refractivity contribution in [3.63, 3.8) is 0 Å². The molecular weight excluding hydrogens is 404 g/mol. The zero-order chi connectivity index (χ0) is 20.0. The number of nitrogens with zero attached hydrogens (tertiary/aromatic N) is 5. The van der Waals surface area contributed by atoms with Gasteiger partial charge in [0.25, 0.3) is 0 Å². The van der Waals surface area contributed by atoms with Crippen LogP contribution < -0.4 is 0 Å². The minimum atomic E-state index is -4.79. The van der Waals surface area contributed by atoms with E-state index in [0.717, 1.165) is 25.7 Å². The largest absolute Gasteiger partial charge is 0.435 e. The van der Waals surface area contributed by atoms with Crippen LogP contribution in [0.25, 0.3) is 4.96 Å². The lowest BCUT2D eigenvalue weighted by atomic mass is 10.3. The number of halogens is 6. The number of ether oxygens (including phenoxy) is 1. The third-order valence-corrected chi connectivity index (χ3v) is 4.58. The SMILES string of the molecule is COCc1nn2c(CN3CN(CC(F)(F)F)CC3=O)c(C(F)(F)F)nc2s1. The molecule has 1 fully saturated rings. The Morgan fingerprint density at radius 1 is 1.22 bits per heavy atom. The third kappa shape index (κ3) is 4.32. The van der Waals surface area contributed by atoms with Gasteiger partial charge in [0, 0.05) is 7.11 Å². The molecule has 14 heteroatoms. The van der Waals surface area contributed by atoms with E-state index in [1.165, 1.54) is 7.11 Å². The van der Waals surface area contributed by atoms with Gasteiger partial charge in [0.05, 0.1) is 38.6 Å². The maximum absolute atomic E-state index is 13.3. The molecule has 1 aliphatic rings. The lowest BCUT2D eigenvalue weighted by Gasteiger charge is -2.19. The fourth-order valence-electron chi connectivity index (χ4n) is 2.72. The first kappa shape index (κ1) is 19.8. The number of rotatable bonds is 5. The molecule has 0 atom stereocenters. The third-order valence-electron chi connectivity index (χ3n) is 3.70. The highest BCUT2D eigenvalue weighted by atomic mass is 32.1. The second kappa shape index (κ2) is 6.91. The number of aromatic nitrogens is 3. The predicted molar refractivity (Wildman–Crippen MR) is 79.6 cm³/mol. The number of imidazole rings is 1. The summed E-state index contributed by atoms with van der Waals surface area (Å²) in [5.74, 6) is -0.699. The molecule has 27 heavy (non-hydrogen) atoms. The lowest BCUT2D eigenvalue weighted by molar-refractivity contribution is -0.144. The van der Waals surface area contributed by atoms with Gasteiger partial charge in [-0.25, -0.2) is 9.50 Å². The van der Waals surface area contributed by atoms with E-state index < -0.39 is 56.0 Å². The highest BCUT2D eigenvalue weighted by Crippen LogP contribution is 2.34. The summed E-state index contributed by atoms with van der Waals surface area (Å²) in [6, 6.07) is 0. The molecule has 7 nitrogen and oxygen atoms in total. The average Bonchev–Trinajstić information content (AvgIpc) is 3.12. The second-order valence-corrected chi connectivity index (χ2v) is 6.90. The Hall–Kier alpha value is -1.93. The monoisotopic (exact) mass is 417 g/mol. The maximum atomic E-state index is 13.3. The van der Waals surface area contributed by atoms with Crippen LogP contribution in [-0.4, -0.2) is 63.3 Å². The van der Waals surface area contributed by atoms with E-state index in [9.17, 15) is 31.1 Å². The number of carbonyl (C=O) groups excluding carboxylic acids is 1. The Labute approximate surface area is 152 Å². The molecule has 3 heterocycles. The summed E-state index contributed by atoms with van der Waals surface area (Å²) in [5, 5.41) is 4.37. The molecule has 0 saturated carbocycles. The van der Waals surface area contributed by atoms with Crippen molar-refractivity contribution in [3.8, 4) is 0 Å². The summed E-state index contributed by atoms with van der Waals surface area (Å²) in [7, 11) is 1.39. The minimum Gasteiger partial charge on any atom is -0.377 e. The molecule has 1 aliphatic heterocycles. The number of methoxy groups -OCH3 is 1. The van der Waals surface area contributed by atoms with Crippen molar-refractivity contribution < 1.29 is 35.9 Å². The van der Waals surface area contributed by atoms with E-state index in [4.69, 9.17) is 4.74 Å². The highest BCUT2D eigenvalue weighted by Gasteiger charge is 2.41. The number of fused-ring (bicyclic) bond motifs is 1. The van der Waals surface area contributed by atoms with Gasteiger partial charge >= 0.3 is 12.4 Å². The van der Waals surface area contributed by atoms with Crippen LogP contribution in [0.3, 0.4) is 0 Å². The van der Waals surface area contributed by atoms with Crippen molar-refractivity contribution >= 4 is 22.2 Å². The topological polar surface area (TPSA) is 63.0 Å². The molecule has 0 aromatic carbocycles. The van der Waals surface area contributed by atoms with E-state index in [2.05, 4.69) is 10.1 Å². The molecule has 3 rings (SSSR count). The van der Waals surface area contributed by atoms with Crippen LogP contribution in [0.5, 0.6) is 0 Å². The molecule has 0 N–H and O–H groups in total. The number of amides is 1. The van der Waals surface area contributed by atoms with Gasteiger partial charge in [0.15, 0.2) is 5.69 Å². The molecule has 0 bridgehead atoms. The van der Waals surface area contributed by atoms with Crippen molar-refractivity contribution in [2.24, 2.45) is 0 Å². The summed E-state index contributed by atoms with van der Waals surface area (Å²) in [6.07, 6.45) is -9.31. The smallest absolute Gasteiger partial charge is 0.377 e. The number of carbonyl (C=O) groups is 1. The predicted octanol–water partition coefficient (Wildman–Crippen LogP) is 2.12. The van der Waals surface area contributed by atoms with E-state index in [1.54, 1.807) is 0 Å². The van der Waals surface area contributed by atoms with E-state index in [-0.39, 0.29) is 11.6 Å². The average molecular weight is 417 g/mol. The molecule has 150 valence electrons. The highest BCUT2D eigenvalue weighted by molar-refractivity contribution is 7.16. The van der Waals surface area contributed by atoms with Crippen molar-refractivity contribution in [2.45, 2.75) is 25.5 Å². The van der Waals surface area contributed by atoms with Gasteiger partial charge in [-0.15, -0.1) is 0 Å². The molecule has 1 saturated heterocycles. The number of hydrogen-bond donors (Lipinski definition) is 0. The van der Waals surface area contributed by atoms with Crippen LogP contribution in [0.2, 0.25) is 0 Å². The molecule has 2 aromatic rings. The van der Waals surface area contributed by atoms with E-state index >= 15 is 0 Å². The molecular formula is C13H13F6N5O2S. The molecule has 0 spiro atoms. The first-order chi connectivity index (χ1) is 12.5. The molecule has 1 amide bonds. The Balaban J connectivity index is 1.89. The summed E-state index contributed by atoms with van der Waals surface area (Å²) in [4.78, 5) is 17.2. The molecule has 0 aliphatic carbocycles. The van der Waals surface area contributed by atoms with Gasteiger partial charge in [-0.3, -0.25) is 9.69 Å².